The molecule has 0 saturated heterocycles. The Bertz CT molecular complexity index is 1230. The van der Waals surface area contributed by atoms with Gasteiger partial charge in [0.2, 0.25) is 0 Å². The van der Waals surface area contributed by atoms with Crippen molar-refractivity contribution in [3.05, 3.63) is 77.9 Å². The van der Waals surface area contributed by atoms with E-state index in [1.54, 1.807) is 38.5 Å². The molecule has 3 rings (SSSR count). The van der Waals surface area contributed by atoms with E-state index in [1.807, 2.05) is 32.0 Å². The molecule has 0 heterocycles. The van der Waals surface area contributed by atoms with Crippen molar-refractivity contribution in [2.24, 2.45) is 0 Å². The number of carbonyl (C=O) groups excluding carboxylic acids is 1. The van der Waals surface area contributed by atoms with Gasteiger partial charge in [0.25, 0.3) is 15.9 Å². The minimum atomic E-state index is -3.74. The third-order valence-electron chi connectivity index (χ3n) is 5.09. The molecule has 0 spiro atoms. The second-order valence-electron chi connectivity index (χ2n) is 7.64. The molecule has 1 unspecified atom stereocenters. The summed E-state index contributed by atoms with van der Waals surface area (Å²) < 4.78 is 43.7. The molecule has 8 nitrogen and oxygen atoms in total. The van der Waals surface area contributed by atoms with Gasteiger partial charge in [-0.1, -0.05) is 23.8 Å². The summed E-state index contributed by atoms with van der Waals surface area (Å²) in [6, 6.07) is 18.1. The van der Waals surface area contributed by atoms with Gasteiger partial charge in [0.15, 0.2) is 18.1 Å². The Morgan fingerprint density at radius 1 is 0.912 bits per heavy atom. The Morgan fingerprint density at radius 3 is 2.18 bits per heavy atom. The smallest absolute Gasteiger partial charge is 0.261 e. The van der Waals surface area contributed by atoms with E-state index in [4.69, 9.17) is 14.2 Å². The van der Waals surface area contributed by atoms with E-state index in [2.05, 4.69) is 10.0 Å². The number of amides is 1. The van der Waals surface area contributed by atoms with Crippen molar-refractivity contribution in [2.75, 3.05) is 25.5 Å². The molecule has 0 aliphatic rings. The fourth-order valence-electron chi connectivity index (χ4n) is 3.19. The molecule has 1 atom stereocenters. The van der Waals surface area contributed by atoms with E-state index in [1.165, 1.54) is 24.3 Å². The minimum absolute atomic E-state index is 0.0898. The van der Waals surface area contributed by atoms with Crippen LogP contribution in [0.15, 0.2) is 71.6 Å². The highest BCUT2D eigenvalue weighted by Crippen LogP contribution is 2.29. The molecular formula is C25H28N2O6S. The summed E-state index contributed by atoms with van der Waals surface area (Å²) in [5.74, 6) is 1.24. The van der Waals surface area contributed by atoms with Gasteiger partial charge in [-0.3, -0.25) is 9.52 Å². The van der Waals surface area contributed by atoms with Crippen molar-refractivity contribution in [1.82, 2.24) is 5.32 Å². The van der Waals surface area contributed by atoms with Crippen LogP contribution in [0.4, 0.5) is 5.69 Å². The van der Waals surface area contributed by atoms with E-state index in [0.717, 1.165) is 11.1 Å². The lowest BCUT2D eigenvalue weighted by Gasteiger charge is -2.17. The Kier molecular flexibility index (Phi) is 8.01. The zero-order valence-corrected chi connectivity index (χ0v) is 20.3. The predicted molar refractivity (Wildman–Crippen MR) is 130 cm³/mol. The first-order chi connectivity index (χ1) is 16.2. The molecule has 3 aromatic carbocycles. The number of hydrogen-bond acceptors (Lipinski definition) is 6. The van der Waals surface area contributed by atoms with Gasteiger partial charge in [0.05, 0.1) is 25.2 Å². The number of carbonyl (C=O) groups is 1. The summed E-state index contributed by atoms with van der Waals surface area (Å²) in [7, 11) is -0.628. The molecule has 0 fully saturated rings. The molecule has 0 aliphatic carbocycles. The number of ether oxygens (including phenoxy) is 3. The molecular weight excluding hydrogens is 456 g/mol. The second kappa shape index (κ2) is 10.9. The number of benzene rings is 3. The van der Waals surface area contributed by atoms with Crippen molar-refractivity contribution >= 4 is 21.6 Å². The SMILES string of the molecule is COc1ccc(C(C)NC(=O)COc2ccc(S(=O)(=O)Nc3ccc(C)cc3)cc2)cc1OC. The molecule has 0 aliphatic heterocycles. The second-order valence-corrected chi connectivity index (χ2v) is 9.32. The maximum Gasteiger partial charge on any atom is 0.261 e. The van der Waals surface area contributed by atoms with E-state index in [-0.39, 0.29) is 23.5 Å². The molecule has 2 N–H and O–H groups in total. The molecule has 9 heteroatoms. The highest BCUT2D eigenvalue weighted by molar-refractivity contribution is 7.92. The van der Waals surface area contributed by atoms with E-state index >= 15 is 0 Å². The number of aryl methyl sites for hydroxylation is 1. The highest BCUT2D eigenvalue weighted by Gasteiger charge is 2.16. The van der Waals surface area contributed by atoms with E-state index < -0.39 is 10.0 Å². The number of sulfonamides is 1. The first kappa shape index (κ1) is 24.9. The normalized spacial score (nSPS) is 11.9. The third kappa shape index (κ3) is 6.41. The van der Waals surface area contributed by atoms with Gasteiger partial charge in [0, 0.05) is 5.69 Å². The summed E-state index contributed by atoms with van der Waals surface area (Å²) in [4.78, 5) is 12.4. The van der Waals surface area contributed by atoms with Gasteiger partial charge in [0.1, 0.15) is 5.75 Å². The first-order valence-electron chi connectivity index (χ1n) is 10.6. The van der Waals surface area contributed by atoms with Crippen LogP contribution in [0.1, 0.15) is 24.1 Å². The van der Waals surface area contributed by atoms with Crippen molar-refractivity contribution in [1.29, 1.82) is 0 Å². The van der Waals surface area contributed by atoms with Gasteiger partial charge >= 0.3 is 0 Å². The highest BCUT2D eigenvalue weighted by atomic mass is 32.2. The van der Waals surface area contributed by atoms with Crippen LogP contribution < -0.4 is 24.2 Å². The van der Waals surface area contributed by atoms with Crippen LogP contribution in [0.5, 0.6) is 17.2 Å². The largest absolute Gasteiger partial charge is 0.493 e. The lowest BCUT2D eigenvalue weighted by atomic mass is 10.1. The molecule has 0 saturated carbocycles. The quantitative estimate of drug-likeness (QED) is 0.450. The summed E-state index contributed by atoms with van der Waals surface area (Å²) in [5.41, 5.74) is 2.36. The fraction of sp³-hybridized carbons (Fsp3) is 0.240. The number of anilines is 1. The average molecular weight is 485 g/mol. The summed E-state index contributed by atoms with van der Waals surface area (Å²) >= 11 is 0. The Labute approximate surface area is 199 Å². The monoisotopic (exact) mass is 484 g/mol. The van der Waals surface area contributed by atoms with Crippen molar-refractivity contribution in [2.45, 2.75) is 24.8 Å². The Balaban J connectivity index is 1.55. The zero-order valence-electron chi connectivity index (χ0n) is 19.5. The van der Waals surface area contributed by atoms with Crippen molar-refractivity contribution < 1.29 is 27.4 Å². The van der Waals surface area contributed by atoms with Gasteiger partial charge in [-0.05, 0) is 67.9 Å². The lowest BCUT2D eigenvalue weighted by Crippen LogP contribution is -2.31. The van der Waals surface area contributed by atoms with Gasteiger partial charge < -0.3 is 19.5 Å². The number of methoxy groups -OCH3 is 2. The molecule has 3 aromatic rings. The van der Waals surface area contributed by atoms with Crippen LogP contribution in [0.25, 0.3) is 0 Å². The third-order valence-corrected chi connectivity index (χ3v) is 6.49. The summed E-state index contributed by atoms with van der Waals surface area (Å²) in [6.45, 7) is 3.55. The standard InChI is InChI=1S/C25H28N2O6S/c1-17-5-8-20(9-6-17)27-34(29,30)22-12-10-21(11-13-22)33-16-25(28)26-18(2)19-7-14-23(31-3)24(15-19)32-4/h5-15,18,27H,16H2,1-4H3,(H,26,28). The number of nitrogens with one attached hydrogen (secondary N) is 2. The van der Waals surface area contributed by atoms with E-state index in [0.29, 0.717) is 22.9 Å². The van der Waals surface area contributed by atoms with Crippen LogP contribution in [0, 0.1) is 6.92 Å². The topological polar surface area (TPSA) is 103 Å². The van der Waals surface area contributed by atoms with Crippen LogP contribution in [0.2, 0.25) is 0 Å². The van der Waals surface area contributed by atoms with Crippen LogP contribution in [-0.4, -0.2) is 35.2 Å². The van der Waals surface area contributed by atoms with E-state index in [9.17, 15) is 13.2 Å². The Morgan fingerprint density at radius 2 is 1.56 bits per heavy atom. The van der Waals surface area contributed by atoms with Crippen molar-refractivity contribution in [3.8, 4) is 17.2 Å². The van der Waals surface area contributed by atoms with Gasteiger partial charge in [-0.25, -0.2) is 8.42 Å². The fourth-order valence-corrected chi connectivity index (χ4v) is 4.25. The maximum absolute atomic E-state index is 12.6. The zero-order chi connectivity index (χ0) is 24.7. The molecule has 0 aromatic heterocycles. The van der Waals surface area contributed by atoms with Crippen LogP contribution in [0.3, 0.4) is 0 Å². The average Bonchev–Trinajstić information content (AvgIpc) is 2.83. The van der Waals surface area contributed by atoms with Crippen molar-refractivity contribution in [3.63, 3.8) is 0 Å². The predicted octanol–water partition coefficient (Wildman–Crippen LogP) is 4.07. The van der Waals surface area contributed by atoms with Crippen LogP contribution >= 0.6 is 0 Å². The Hall–Kier alpha value is -3.72. The summed E-state index contributed by atoms with van der Waals surface area (Å²) in [6.07, 6.45) is 0. The number of rotatable bonds is 10. The summed E-state index contributed by atoms with van der Waals surface area (Å²) in [5, 5.41) is 2.86. The van der Waals surface area contributed by atoms with Crippen LogP contribution in [-0.2, 0) is 14.8 Å². The van der Waals surface area contributed by atoms with Gasteiger partial charge in [-0.2, -0.15) is 0 Å². The molecule has 1 amide bonds. The first-order valence-corrected chi connectivity index (χ1v) is 12.0. The maximum atomic E-state index is 12.6. The number of hydrogen-bond donors (Lipinski definition) is 2. The minimum Gasteiger partial charge on any atom is -0.493 e. The molecule has 0 bridgehead atoms. The molecule has 34 heavy (non-hydrogen) atoms. The van der Waals surface area contributed by atoms with Gasteiger partial charge in [-0.15, -0.1) is 0 Å². The molecule has 0 radical (unpaired) electrons. The lowest BCUT2D eigenvalue weighted by molar-refractivity contribution is -0.123. The molecule has 180 valence electrons.